The van der Waals surface area contributed by atoms with Gasteiger partial charge in [0.25, 0.3) is 0 Å². The molecule has 0 unspecified atom stereocenters. The van der Waals surface area contributed by atoms with Gasteiger partial charge in [0.2, 0.25) is 5.75 Å². The smallest absolute Gasteiger partial charge is 0.330 e. The van der Waals surface area contributed by atoms with Crippen LogP contribution in [0.15, 0.2) is 6.07 Å². The highest BCUT2D eigenvalue weighted by Gasteiger charge is 2.26. The number of anilines is 1. The van der Waals surface area contributed by atoms with Crippen LogP contribution in [-0.2, 0) is 4.74 Å². The van der Waals surface area contributed by atoms with Crippen molar-refractivity contribution in [3.05, 3.63) is 16.2 Å². The number of rotatable bonds is 7. The summed E-state index contributed by atoms with van der Waals surface area (Å²) in [7, 11) is 4.46. The number of hydrogen-bond acceptors (Lipinski definition) is 8. The third-order valence-corrected chi connectivity index (χ3v) is 3.80. The van der Waals surface area contributed by atoms with E-state index in [2.05, 4.69) is 10.3 Å². The fraction of sp³-hybridized carbons (Fsp3) is 0.417. The SMILES string of the molecule is COCCNc1nc2c(OC)cc(OC)c([N+](=O)[O-])c2s1. The van der Waals surface area contributed by atoms with Crippen LogP contribution in [0.1, 0.15) is 0 Å². The van der Waals surface area contributed by atoms with Crippen LogP contribution in [0, 0.1) is 10.1 Å². The van der Waals surface area contributed by atoms with Gasteiger partial charge in [-0.3, -0.25) is 10.1 Å². The molecule has 0 atom stereocenters. The molecule has 1 aromatic heterocycles. The molecule has 0 radical (unpaired) electrons. The lowest BCUT2D eigenvalue weighted by Gasteiger charge is -2.05. The summed E-state index contributed by atoms with van der Waals surface area (Å²) in [5.41, 5.74) is 0.334. The van der Waals surface area contributed by atoms with Gasteiger partial charge < -0.3 is 19.5 Å². The molecule has 0 aliphatic heterocycles. The van der Waals surface area contributed by atoms with E-state index in [0.717, 1.165) is 0 Å². The van der Waals surface area contributed by atoms with Gasteiger partial charge in [-0.1, -0.05) is 11.3 Å². The maximum atomic E-state index is 11.3. The van der Waals surface area contributed by atoms with Crippen molar-refractivity contribution in [1.82, 2.24) is 4.98 Å². The number of nitrogens with one attached hydrogen (secondary N) is 1. The zero-order valence-electron chi connectivity index (χ0n) is 11.8. The van der Waals surface area contributed by atoms with Crippen molar-refractivity contribution in [2.75, 3.05) is 39.8 Å². The Morgan fingerprint density at radius 3 is 2.62 bits per heavy atom. The predicted octanol–water partition coefficient (Wildman–Crippen LogP) is 2.28. The molecule has 1 aromatic carbocycles. The molecular weight excluding hydrogens is 298 g/mol. The summed E-state index contributed by atoms with van der Waals surface area (Å²) in [5.74, 6) is 0.583. The molecule has 2 aromatic rings. The van der Waals surface area contributed by atoms with E-state index >= 15 is 0 Å². The van der Waals surface area contributed by atoms with E-state index in [-0.39, 0.29) is 11.4 Å². The van der Waals surface area contributed by atoms with E-state index in [9.17, 15) is 10.1 Å². The summed E-state index contributed by atoms with van der Waals surface area (Å²) in [5, 5.41) is 14.9. The van der Waals surface area contributed by atoms with Gasteiger partial charge in [-0.25, -0.2) is 4.98 Å². The number of thiazole rings is 1. The highest BCUT2D eigenvalue weighted by atomic mass is 32.1. The van der Waals surface area contributed by atoms with Crippen LogP contribution in [0.5, 0.6) is 11.5 Å². The summed E-state index contributed by atoms with van der Waals surface area (Å²) in [6.07, 6.45) is 0. The first kappa shape index (κ1) is 15.3. The Bertz CT molecular complexity index is 658. The van der Waals surface area contributed by atoms with Crippen molar-refractivity contribution < 1.29 is 19.1 Å². The largest absolute Gasteiger partial charge is 0.494 e. The van der Waals surface area contributed by atoms with Crippen LogP contribution in [0.25, 0.3) is 10.2 Å². The average Bonchev–Trinajstić information content (AvgIpc) is 2.88. The van der Waals surface area contributed by atoms with E-state index in [1.165, 1.54) is 31.6 Å². The monoisotopic (exact) mass is 313 g/mol. The quantitative estimate of drug-likeness (QED) is 0.476. The van der Waals surface area contributed by atoms with Crippen molar-refractivity contribution in [2.45, 2.75) is 0 Å². The molecule has 0 amide bonds. The highest BCUT2D eigenvalue weighted by Crippen LogP contribution is 2.44. The number of hydrogen-bond donors (Lipinski definition) is 1. The summed E-state index contributed by atoms with van der Waals surface area (Å²) in [4.78, 5) is 15.2. The van der Waals surface area contributed by atoms with Gasteiger partial charge in [0.1, 0.15) is 16.0 Å². The molecule has 0 fully saturated rings. The van der Waals surface area contributed by atoms with Crippen molar-refractivity contribution in [3.63, 3.8) is 0 Å². The fourth-order valence-electron chi connectivity index (χ4n) is 1.84. The zero-order chi connectivity index (χ0) is 15.4. The molecular formula is C12H15N3O5S. The molecule has 1 N–H and O–H groups in total. The van der Waals surface area contributed by atoms with Gasteiger partial charge >= 0.3 is 5.69 Å². The standard InChI is InChI=1S/C12H15N3O5S/c1-18-5-4-13-12-14-9-7(19-2)6-8(20-3)10(15(16)17)11(9)21-12/h6H,4-5H2,1-3H3,(H,13,14). The van der Waals surface area contributed by atoms with Crippen molar-refractivity contribution in [2.24, 2.45) is 0 Å². The van der Waals surface area contributed by atoms with Gasteiger partial charge in [0, 0.05) is 19.7 Å². The molecule has 21 heavy (non-hydrogen) atoms. The number of ether oxygens (including phenoxy) is 3. The number of benzene rings is 1. The molecule has 0 saturated heterocycles. The Morgan fingerprint density at radius 2 is 2.05 bits per heavy atom. The second kappa shape index (κ2) is 6.55. The summed E-state index contributed by atoms with van der Waals surface area (Å²) < 4.78 is 15.7. The Balaban J connectivity index is 2.55. The van der Waals surface area contributed by atoms with Crippen LogP contribution in [0.2, 0.25) is 0 Å². The molecule has 0 bridgehead atoms. The molecule has 114 valence electrons. The molecule has 2 rings (SSSR count). The van der Waals surface area contributed by atoms with Crippen molar-refractivity contribution in [3.8, 4) is 11.5 Å². The van der Waals surface area contributed by atoms with Crippen LogP contribution in [0.3, 0.4) is 0 Å². The Kier molecular flexibility index (Phi) is 4.76. The maximum Gasteiger partial charge on any atom is 0.330 e. The third kappa shape index (κ3) is 2.98. The number of methoxy groups -OCH3 is 3. The van der Waals surface area contributed by atoms with Crippen molar-refractivity contribution in [1.29, 1.82) is 0 Å². The van der Waals surface area contributed by atoms with Gasteiger partial charge in [-0.15, -0.1) is 0 Å². The molecule has 0 saturated carbocycles. The first-order valence-electron chi connectivity index (χ1n) is 6.05. The van der Waals surface area contributed by atoms with E-state index in [4.69, 9.17) is 14.2 Å². The molecule has 8 nitrogen and oxygen atoms in total. The normalized spacial score (nSPS) is 10.6. The topological polar surface area (TPSA) is 95.8 Å². The number of nitro groups is 1. The minimum Gasteiger partial charge on any atom is -0.494 e. The fourth-order valence-corrected chi connectivity index (χ4v) is 2.85. The average molecular weight is 313 g/mol. The lowest BCUT2D eigenvalue weighted by molar-refractivity contribution is -0.383. The lowest BCUT2D eigenvalue weighted by atomic mass is 10.2. The minimum atomic E-state index is -0.474. The second-order valence-corrected chi connectivity index (χ2v) is 5.00. The van der Waals surface area contributed by atoms with Crippen LogP contribution >= 0.6 is 11.3 Å². The molecule has 1 heterocycles. The van der Waals surface area contributed by atoms with Gasteiger partial charge in [-0.05, 0) is 0 Å². The third-order valence-electron chi connectivity index (χ3n) is 2.78. The molecule has 0 aliphatic carbocycles. The van der Waals surface area contributed by atoms with Gasteiger partial charge in [0.15, 0.2) is 5.13 Å². The summed E-state index contributed by atoms with van der Waals surface area (Å²) in [6, 6.07) is 1.47. The van der Waals surface area contributed by atoms with E-state index < -0.39 is 4.92 Å². The van der Waals surface area contributed by atoms with Crippen molar-refractivity contribution >= 4 is 32.4 Å². The van der Waals surface area contributed by atoms with Gasteiger partial charge in [0.05, 0.1) is 25.7 Å². The zero-order valence-corrected chi connectivity index (χ0v) is 12.7. The Hall–Kier alpha value is -2.13. The number of nitro benzene ring substituents is 1. The lowest BCUT2D eigenvalue weighted by Crippen LogP contribution is -2.06. The molecule has 0 aliphatic rings. The van der Waals surface area contributed by atoms with Gasteiger partial charge in [-0.2, -0.15) is 0 Å². The maximum absolute atomic E-state index is 11.3. The molecule has 0 spiro atoms. The van der Waals surface area contributed by atoms with Crippen LogP contribution in [0.4, 0.5) is 10.8 Å². The Morgan fingerprint density at radius 1 is 1.33 bits per heavy atom. The number of nitrogens with zero attached hydrogens (tertiary/aromatic N) is 2. The molecule has 9 heteroatoms. The second-order valence-electron chi connectivity index (χ2n) is 4.00. The first-order valence-corrected chi connectivity index (χ1v) is 6.86. The van der Waals surface area contributed by atoms with Crippen LogP contribution in [-0.4, -0.2) is 44.4 Å². The number of fused-ring (bicyclic) bond motifs is 1. The first-order chi connectivity index (χ1) is 10.1. The van der Waals surface area contributed by atoms with E-state index in [1.807, 2.05) is 0 Å². The minimum absolute atomic E-state index is 0.106. The summed E-state index contributed by atoms with van der Waals surface area (Å²) >= 11 is 1.18. The van der Waals surface area contributed by atoms with E-state index in [1.54, 1.807) is 7.11 Å². The van der Waals surface area contributed by atoms with E-state index in [0.29, 0.717) is 34.2 Å². The Labute approximate surface area is 124 Å². The summed E-state index contributed by atoms with van der Waals surface area (Å²) in [6.45, 7) is 1.07. The number of aromatic nitrogens is 1. The predicted molar refractivity (Wildman–Crippen MR) is 79.7 cm³/mol. The van der Waals surface area contributed by atoms with Crippen LogP contribution < -0.4 is 14.8 Å². The highest BCUT2D eigenvalue weighted by molar-refractivity contribution is 7.22.